The van der Waals surface area contributed by atoms with E-state index in [2.05, 4.69) is 5.32 Å². The number of nitrogens with zero attached hydrogens (tertiary/aromatic N) is 1. The van der Waals surface area contributed by atoms with Crippen molar-refractivity contribution in [3.8, 4) is 0 Å². The molecule has 96 valence electrons. The van der Waals surface area contributed by atoms with E-state index in [0.717, 1.165) is 0 Å². The molecule has 0 atom stereocenters. The topological polar surface area (TPSA) is 58.6 Å². The quantitative estimate of drug-likeness (QED) is 0.789. The van der Waals surface area contributed by atoms with Crippen LogP contribution in [0.5, 0.6) is 0 Å². The highest BCUT2D eigenvalue weighted by molar-refractivity contribution is 8.23. The van der Waals surface area contributed by atoms with Gasteiger partial charge in [-0.1, -0.05) is 24.0 Å². The van der Waals surface area contributed by atoms with Gasteiger partial charge < -0.3 is 10.1 Å². The fourth-order valence-corrected chi connectivity index (χ4v) is 2.30. The van der Waals surface area contributed by atoms with Crippen LogP contribution in [0.15, 0.2) is 0 Å². The Bertz CT molecular complexity index is 323. The molecule has 5 nitrogen and oxygen atoms in total. The van der Waals surface area contributed by atoms with Crippen molar-refractivity contribution in [1.82, 2.24) is 10.2 Å². The number of hydrogen-bond acceptors (Lipinski definition) is 5. The maximum absolute atomic E-state index is 11.4. The van der Waals surface area contributed by atoms with Crippen LogP contribution in [-0.4, -0.2) is 45.7 Å². The number of thioether (sulfide) groups is 1. The Morgan fingerprint density at radius 1 is 1.59 bits per heavy atom. The lowest BCUT2D eigenvalue weighted by Gasteiger charge is -2.20. The molecule has 17 heavy (non-hydrogen) atoms. The van der Waals surface area contributed by atoms with Gasteiger partial charge in [0.15, 0.2) is 0 Å². The molecule has 2 amide bonds. The van der Waals surface area contributed by atoms with Gasteiger partial charge in [0.2, 0.25) is 5.91 Å². The van der Waals surface area contributed by atoms with Gasteiger partial charge in [-0.3, -0.25) is 9.69 Å². The standard InChI is InChI=1S/C10H16N2O3S2/c1-10(2,3)15-8(14)11-4-5-12-7(13)6-17-9(12)16/h4-6H2,1-3H3,(H,11,14). The highest BCUT2D eigenvalue weighted by Gasteiger charge is 2.26. The molecule has 0 radical (unpaired) electrons. The van der Waals surface area contributed by atoms with Crippen molar-refractivity contribution in [3.63, 3.8) is 0 Å². The van der Waals surface area contributed by atoms with Crippen molar-refractivity contribution in [2.24, 2.45) is 0 Å². The average Bonchev–Trinajstić information content (AvgIpc) is 2.46. The first-order chi connectivity index (χ1) is 7.79. The fraction of sp³-hybridized carbons (Fsp3) is 0.700. The largest absolute Gasteiger partial charge is 0.444 e. The van der Waals surface area contributed by atoms with Crippen LogP contribution in [0, 0.1) is 0 Å². The second-order valence-electron chi connectivity index (χ2n) is 4.53. The lowest BCUT2D eigenvalue weighted by molar-refractivity contribution is -0.123. The minimum absolute atomic E-state index is 0.00834. The second-order valence-corrected chi connectivity index (χ2v) is 6.14. The van der Waals surface area contributed by atoms with Crippen molar-refractivity contribution in [2.45, 2.75) is 26.4 Å². The van der Waals surface area contributed by atoms with Crippen molar-refractivity contribution < 1.29 is 14.3 Å². The first-order valence-electron chi connectivity index (χ1n) is 5.23. The van der Waals surface area contributed by atoms with Gasteiger partial charge in [-0.15, -0.1) is 0 Å². The molecular weight excluding hydrogens is 260 g/mol. The number of rotatable bonds is 3. The minimum Gasteiger partial charge on any atom is -0.444 e. The Labute approximate surface area is 110 Å². The number of carbonyl (C=O) groups excluding carboxylic acids is 2. The predicted molar refractivity (Wildman–Crippen MR) is 71.0 cm³/mol. The van der Waals surface area contributed by atoms with Gasteiger partial charge in [0.25, 0.3) is 0 Å². The smallest absolute Gasteiger partial charge is 0.407 e. The molecule has 0 aromatic heterocycles. The predicted octanol–water partition coefficient (Wildman–Crippen LogP) is 1.37. The maximum Gasteiger partial charge on any atom is 0.407 e. The third-order valence-corrected chi connectivity index (χ3v) is 3.28. The van der Waals surface area contributed by atoms with Gasteiger partial charge in [-0.2, -0.15) is 0 Å². The van der Waals surface area contributed by atoms with Gasteiger partial charge in [0.05, 0.1) is 5.75 Å². The summed E-state index contributed by atoms with van der Waals surface area (Å²) in [4.78, 5) is 24.2. The molecule has 1 aliphatic rings. The summed E-state index contributed by atoms with van der Waals surface area (Å²) in [7, 11) is 0. The first kappa shape index (κ1) is 14.2. The van der Waals surface area contributed by atoms with Crippen LogP contribution in [0.4, 0.5) is 4.79 Å². The maximum atomic E-state index is 11.4. The second kappa shape index (κ2) is 5.68. The summed E-state index contributed by atoms with van der Waals surface area (Å²) in [6.07, 6.45) is -0.484. The SMILES string of the molecule is CC(C)(C)OC(=O)NCCN1C(=O)CSC1=S. The molecule has 0 aliphatic carbocycles. The zero-order chi connectivity index (χ0) is 13.1. The van der Waals surface area contributed by atoms with E-state index in [1.807, 2.05) is 0 Å². The zero-order valence-corrected chi connectivity index (χ0v) is 11.7. The summed E-state index contributed by atoms with van der Waals surface area (Å²) in [5.41, 5.74) is -0.515. The summed E-state index contributed by atoms with van der Waals surface area (Å²) >= 11 is 6.35. The first-order valence-corrected chi connectivity index (χ1v) is 6.63. The molecule has 0 unspecified atom stereocenters. The van der Waals surface area contributed by atoms with E-state index in [4.69, 9.17) is 17.0 Å². The molecular formula is C10H16N2O3S2. The van der Waals surface area contributed by atoms with E-state index in [9.17, 15) is 9.59 Å². The summed E-state index contributed by atoms with van der Waals surface area (Å²) < 4.78 is 5.63. The van der Waals surface area contributed by atoms with Crippen LogP contribution >= 0.6 is 24.0 Å². The Morgan fingerprint density at radius 2 is 2.24 bits per heavy atom. The van der Waals surface area contributed by atoms with Crippen LogP contribution in [-0.2, 0) is 9.53 Å². The van der Waals surface area contributed by atoms with E-state index >= 15 is 0 Å². The number of thiocarbonyl (C=S) groups is 1. The molecule has 1 N–H and O–H groups in total. The van der Waals surface area contributed by atoms with Crippen molar-refractivity contribution >= 4 is 40.3 Å². The number of alkyl carbamates (subject to hydrolysis) is 1. The van der Waals surface area contributed by atoms with Crippen LogP contribution in [0.1, 0.15) is 20.8 Å². The molecule has 0 saturated carbocycles. The summed E-state index contributed by atoms with van der Waals surface area (Å²) in [5.74, 6) is 0.386. The van der Waals surface area contributed by atoms with Crippen LogP contribution < -0.4 is 5.32 Å². The molecule has 1 rings (SSSR count). The van der Waals surface area contributed by atoms with Crippen molar-refractivity contribution in [3.05, 3.63) is 0 Å². The normalized spacial score (nSPS) is 16.3. The van der Waals surface area contributed by atoms with Crippen molar-refractivity contribution in [1.29, 1.82) is 0 Å². The van der Waals surface area contributed by atoms with Crippen LogP contribution in [0.25, 0.3) is 0 Å². The average molecular weight is 276 g/mol. The van der Waals surface area contributed by atoms with Gasteiger partial charge in [-0.25, -0.2) is 4.79 Å². The fourth-order valence-electron chi connectivity index (χ4n) is 1.18. The van der Waals surface area contributed by atoms with E-state index in [1.54, 1.807) is 20.8 Å². The number of ether oxygens (including phenoxy) is 1. The van der Waals surface area contributed by atoms with Crippen LogP contribution in [0.3, 0.4) is 0 Å². The van der Waals surface area contributed by atoms with E-state index < -0.39 is 11.7 Å². The molecule has 1 saturated heterocycles. The van der Waals surface area contributed by atoms with Gasteiger partial charge in [0, 0.05) is 13.1 Å². The van der Waals surface area contributed by atoms with Crippen molar-refractivity contribution in [2.75, 3.05) is 18.8 Å². The van der Waals surface area contributed by atoms with Crippen LogP contribution in [0.2, 0.25) is 0 Å². The Balaban J connectivity index is 2.26. The molecule has 1 fully saturated rings. The molecule has 0 aromatic rings. The lowest BCUT2D eigenvalue weighted by Crippen LogP contribution is -2.39. The lowest BCUT2D eigenvalue weighted by atomic mass is 10.2. The number of amides is 2. The van der Waals surface area contributed by atoms with Gasteiger partial charge >= 0.3 is 6.09 Å². The van der Waals surface area contributed by atoms with E-state index in [1.165, 1.54) is 16.7 Å². The van der Waals surface area contributed by atoms with Gasteiger partial charge in [-0.05, 0) is 20.8 Å². The van der Waals surface area contributed by atoms with E-state index in [0.29, 0.717) is 23.2 Å². The Hall–Kier alpha value is -0.820. The zero-order valence-electron chi connectivity index (χ0n) is 10.1. The monoisotopic (exact) mass is 276 g/mol. The highest BCUT2D eigenvalue weighted by Crippen LogP contribution is 2.18. The molecule has 1 aliphatic heterocycles. The van der Waals surface area contributed by atoms with E-state index in [-0.39, 0.29) is 5.91 Å². The summed E-state index contributed by atoms with van der Waals surface area (Å²) in [6.45, 7) is 6.11. The Morgan fingerprint density at radius 3 is 2.71 bits per heavy atom. The molecule has 0 spiro atoms. The van der Waals surface area contributed by atoms with Gasteiger partial charge in [0.1, 0.15) is 9.92 Å². The molecule has 0 aromatic carbocycles. The summed E-state index contributed by atoms with van der Waals surface area (Å²) in [5, 5.41) is 2.58. The highest BCUT2D eigenvalue weighted by atomic mass is 32.2. The third kappa shape index (κ3) is 4.91. The molecule has 1 heterocycles. The Kier molecular flexibility index (Phi) is 4.76. The third-order valence-electron chi connectivity index (χ3n) is 1.84. The molecule has 0 bridgehead atoms. The number of hydrogen-bond donors (Lipinski definition) is 1. The number of nitrogens with one attached hydrogen (secondary N) is 1. The minimum atomic E-state index is -0.515. The summed E-state index contributed by atoms with van der Waals surface area (Å²) in [6, 6.07) is 0. The molecule has 7 heteroatoms. The number of carbonyl (C=O) groups is 2.